The molecule has 0 bridgehead atoms. The maximum absolute atomic E-state index is 11.6. The van der Waals surface area contributed by atoms with Crippen molar-refractivity contribution in [2.45, 2.75) is 10.1 Å². The average molecular weight is 323 g/mol. The lowest BCUT2D eigenvalue weighted by Gasteiger charge is -2.13. The Hall–Kier alpha value is -1.33. The lowest BCUT2D eigenvalue weighted by atomic mass is 10.1. The summed E-state index contributed by atoms with van der Waals surface area (Å²) >= 11 is 4.82. The Labute approximate surface area is 118 Å². The molecule has 0 fully saturated rings. The Balaban J connectivity index is 2.27. The summed E-state index contributed by atoms with van der Waals surface area (Å²) in [5, 5.41) is -0.398. The number of benzene rings is 1. The zero-order valence-corrected chi connectivity index (χ0v) is 11.8. The minimum Gasteiger partial charge on any atom is -0.368 e. The number of hydrogen-bond acceptors (Lipinski definition) is 3. The van der Waals surface area contributed by atoms with Crippen LogP contribution < -0.4 is 5.73 Å². The Morgan fingerprint density at radius 1 is 1.28 bits per heavy atom. The van der Waals surface area contributed by atoms with E-state index in [1.165, 1.54) is 11.8 Å². The van der Waals surface area contributed by atoms with Crippen molar-refractivity contribution in [2.75, 3.05) is 0 Å². The van der Waals surface area contributed by atoms with Crippen molar-refractivity contribution in [3.8, 4) is 0 Å². The van der Waals surface area contributed by atoms with E-state index in [9.17, 15) is 4.79 Å². The number of halogens is 1. The minimum atomic E-state index is -0.398. The first-order valence-corrected chi connectivity index (χ1v) is 6.95. The lowest BCUT2D eigenvalue weighted by Crippen LogP contribution is -2.18. The van der Waals surface area contributed by atoms with Crippen LogP contribution in [-0.2, 0) is 4.79 Å². The van der Waals surface area contributed by atoms with Gasteiger partial charge in [-0.3, -0.25) is 9.78 Å². The molecule has 0 aliphatic heterocycles. The topological polar surface area (TPSA) is 56.0 Å². The molecule has 3 nitrogen and oxygen atoms in total. The highest BCUT2D eigenvalue weighted by atomic mass is 79.9. The second-order valence-corrected chi connectivity index (χ2v) is 5.73. The third-order valence-corrected chi connectivity index (χ3v) is 4.09. The number of amides is 1. The first-order chi connectivity index (χ1) is 8.66. The number of hydrogen-bond donors (Lipinski definition) is 1. The van der Waals surface area contributed by atoms with Crippen LogP contribution in [0.5, 0.6) is 0 Å². The number of nitrogens with two attached hydrogens (primary N) is 1. The van der Waals surface area contributed by atoms with Crippen LogP contribution in [0.3, 0.4) is 0 Å². The Morgan fingerprint density at radius 3 is 2.61 bits per heavy atom. The molecule has 2 N–H and O–H groups in total. The van der Waals surface area contributed by atoms with E-state index < -0.39 is 5.25 Å². The van der Waals surface area contributed by atoms with Crippen molar-refractivity contribution in [3.05, 3.63) is 58.8 Å². The highest BCUT2D eigenvalue weighted by Gasteiger charge is 2.19. The molecule has 2 rings (SSSR count). The number of nitrogens with zero attached hydrogens (tertiary/aromatic N) is 1. The van der Waals surface area contributed by atoms with Crippen LogP contribution in [0.4, 0.5) is 0 Å². The zero-order chi connectivity index (χ0) is 13.0. The monoisotopic (exact) mass is 322 g/mol. The van der Waals surface area contributed by atoms with Crippen LogP contribution >= 0.6 is 27.7 Å². The van der Waals surface area contributed by atoms with Crippen LogP contribution in [0.15, 0.2) is 58.2 Å². The second-order valence-electron chi connectivity index (χ2n) is 3.64. The SMILES string of the molecule is NC(=O)[C@@H](Sc1ccncc1)c1cccc(Br)c1. The van der Waals surface area contributed by atoms with Crippen LogP contribution in [0.2, 0.25) is 0 Å². The van der Waals surface area contributed by atoms with E-state index in [-0.39, 0.29) is 5.91 Å². The molecule has 0 saturated heterocycles. The van der Waals surface area contributed by atoms with Crippen LogP contribution in [-0.4, -0.2) is 10.9 Å². The van der Waals surface area contributed by atoms with Gasteiger partial charge in [0.1, 0.15) is 5.25 Å². The van der Waals surface area contributed by atoms with Crippen molar-refractivity contribution in [3.63, 3.8) is 0 Å². The first kappa shape index (κ1) is 13.1. The van der Waals surface area contributed by atoms with Crippen molar-refractivity contribution in [1.82, 2.24) is 4.98 Å². The number of carbonyl (C=O) groups is 1. The van der Waals surface area contributed by atoms with E-state index in [1.807, 2.05) is 36.4 Å². The number of carbonyl (C=O) groups excluding carboxylic acids is 1. The summed E-state index contributed by atoms with van der Waals surface area (Å²) in [7, 11) is 0. The van der Waals surface area contributed by atoms with Gasteiger partial charge in [0, 0.05) is 21.8 Å². The largest absolute Gasteiger partial charge is 0.368 e. The molecule has 5 heteroatoms. The van der Waals surface area contributed by atoms with Gasteiger partial charge < -0.3 is 5.73 Å². The molecule has 1 aromatic carbocycles. The van der Waals surface area contributed by atoms with Gasteiger partial charge in [0.25, 0.3) is 0 Å². The molecule has 1 heterocycles. The van der Waals surface area contributed by atoms with Crippen molar-refractivity contribution in [1.29, 1.82) is 0 Å². The van der Waals surface area contributed by atoms with Gasteiger partial charge in [-0.1, -0.05) is 28.1 Å². The van der Waals surface area contributed by atoms with Gasteiger partial charge in [-0.15, -0.1) is 11.8 Å². The van der Waals surface area contributed by atoms with Crippen molar-refractivity contribution in [2.24, 2.45) is 5.73 Å². The summed E-state index contributed by atoms with van der Waals surface area (Å²) in [6.45, 7) is 0. The lowest BCUT2D eigenvalue weighted by molar-refractivity contribution is -0.117. The molecule has 1 amide bonds. The molecule has 0 aliphatic carbocycles. The fraction of sp³-hybridized carbons (Fsp3) is 0.0769. The fourth-order valence-corrected chi connectivity index (χ4v) is 2.88. The van der Waals surface area contributed by atoms with Gasteiger partial charge in [-0.25, -0.2) is 0 Å². The van der Waals surface area contributed by atoms with E-state index >= 15 is 0 Å². The zero-order valence-electron chi connectivity index (χ0n) is 9.42. The summed E-state index contributed by atoms with van der Waals surface area (Å²) in [4.78, 5) is 16.5. The maximum atomic E-state index is 11.6. The van der Waals surface area contributed by atoms with E-state index in [2.05, 4.69) is 20.9 Å². The van der Waals surface area contributed by atoms with Gasteiger partial charge in [-0.05, 0) is 29.8 Å². The summed E-state index contributed by atoms with van der Waals surface area (Å²) in [6.07, 6.45) is 3.39. The van der Waals surface area contributed by atoms with E-state index in [1.54, 1.807) is 12.4 Å². The quantitative estimate of drug-likeness (QED) is 0.879. The molecular weight excluding hydrogens is 312 g/mol. The number of pyridine rings is 1. The molecule has 0 unspecified atom stereocenters. The van der Waals surface area contributed by atoms with Crippen molar-refractivity contribution >= 4 is 33.6 Å². The predicted molar refractivity (Wildman–Crippen MR) is 76.2 cm³/mol. The summed E-state index contributed by atoms with van der Waals surface area (Å²) in [5.74, 6) is -0.352. The third kappa shape index (κ3) is 3.34. The molecule has 92 valence electrons. The highest BCUT2D eigenvalue weighted by Crippen LogP contribution is 2.35. The third-order valence-electron chi connectivity index (χ3n) is 2.31. The fourth-order valence-electron chi connectivity index (χ4n) is 1.51. The summed E-state index contributed by atoms with van der Waals surface area (Å²) in [6, 6.07) is 11.3. The Kier molecular flexibility index (Phi) is 4.38. The molecule has 1 aromatic heterocycles. The van der Waals surface area contributed by atoms with Gasteiger partial charge in [0.15, 0.2) is 0 Å². The molecule has 0 aliphatic rings. The Bertz CT molecular complexity index is 548. The van der Waals surface area contributed by atoms with E-state index in [4.69, 9.17) is 5.73 Å². The number of aromatic nitrogens is 1. The summed E-state index contributed by atoms with van der Waals surface area (Å²) in [5.41, 5.74) is 6.36. The van der Waals surface area contributed by atoms with Gasteiger partial charge >= 0.3 is 0 Å². The second kappa shape index (κ2) is 6.02. The molecular formula is C13H11BrN2OS. The van der Waals surface area contributed by atoms with Gasteiger partial charge in [-0.2, -0.15) is 0 Å². The molecule has 0 spiro atoms. The predicted octanol–water partition coefficient (Wildman–Crippen LogP) is 3.16. The van der Waals surface area contributed by atoms with E-state index in [0.29, 0.717) is 0 Å². The van der Waals surface area contributed by atoms with Crippen LogP contribution in [0, 0.1) is 0 Å². The smallest absolute Gasteiger partial charge is 0.235 e. The molecule has 18 heavy (non-hydrogen) atoms. The molecule has 0 radical (unpaired) electrons. The Morgan fingerprint density at radius 2 is 2.00 bits per heavy atom. The van der Waals surface area contributed by atoms with E-state index in [0.717, 1.165) is 14.9 Å². The standard InChI is InChI=1S/C13H11BrN2OS/c14-10-3-1-2-9(8-10)12(13(15)17)18-11-4-6-16-7-5-11/h1-8,12H,(H2,15,17)/t12-/m0/s1. The maximum Gasteiger partial charge on any atom is 0.235 e. The van der Waals surface area contributed by atoms with Crippen LogP contribution in [0.1, 0.15) is 10.8 Å². The normalized spacial score (nSPS) is 12.1. The molecule has 2 aromatic rings. The van der Waals surface area contributed by atoms with Gasteiger partial charge in [0.2, 0.25) is 5.91 Å². The first-order valence-electron chi connectivity index (χ1n) is 5.28. The highest BCUT2D eigenvalue weighted by molar-refractivity contribution is 9.10. The molecule has 0 saturated carbocycles. The van der Waals surface area contributed by atoms with Crippen LogP contribution in [0.25, 0.3) is 0 Å². The summed E-state index contributed by atoms with van der Waals surface area (Å²) < 4.78 is 0.932. The molecule has 1 atom stereocenters. The number of rotatable bonds is 4. The number of thioether (sulfide) groups is 1. The average Bonchev–Trinajstić information content (AvgIpc) is 2.37. The van der Waals surface area contributed by atoms with Gasteiger partial charge in [0.05, 0.1) is 0 Å². The number of primary amides is 1. The van der Waals surface area contributed by atoms with Crippen molar-refractivity contribution < 1.29 is 4.79 Å². The minimum absolute atomic E-state index is 0.352.